The summed E-state index contributed by atoms with van der Waals surface area (Å²) in [6, 6.07) is 4.77. The Labute approximate surface area is 298 Å². The average molecular weight is 832 g/mol. The summed E-state index contributed by atoms with van der Waals surface area (Å²) in [4.78, 5) is 40.4. The molecule has 0 aliphatic heterocycles. The molecular formula is C29H26F17N5O4. The van der Waals surface area contributed by atoms with E-state index in [1.807, 2.05) is 5.92 Å². The van der Waals surface area contributed by atoms with Crippen molar-refractivity contribution in [1.29, 1.82) is 0 Å². The number of hydrogen-bond acceptors (Lipinski definition) is 5. The van der Waals surface area contributed by atoms with Gasteiger partial charge in [-0.2, -0.15) is 74.6 Å². The van der Waals surface area contributed by atoms with Crippen molar-refractivity contribution in [3.63, 3.8) is 0 Å². The highest BCUT2D eigenvalue weighted by molar-refractivity contribution is 5.98. The Balaban J connectivity index is 3.03. The molecule has 0 saturated carbocycles. The van der Waals surface area contributed by atoms with E-state index in [1.54, 1.807) is 0 Å². The fourth-order valence-corrected chi connectivity index (χ4v) is 4.16. The Morgan fingerprint density at radius 2 is 1.31 bits per heavy atom. The van der Waals surface area contributed by atoms with Gasteiger partial charge in [-0.3, -0.25) is 14.4 Å². The number of rotatable bonds is 21. The Kier molecular flexibility index (Phi) is 15.7. The summed E-state index contributed by atoms with van der Waals surface area (Å²) < 4.78 is 233. The largest absolute Gasteiger partial charge is 0.464 e. The first kappa shape index (κ1) is 48.3. The first-order valence-corrected chi connectivity index (χ1v) is 14.9. The maximum Gasteiger partial charge on any atom is 0.460 e. The van der Waals surface area contributed by atoms with Crippen LogP contribution in [0.4, 0.5) is 80.3 Å². The average Bonchev–Trinajstić information content (AvgIpc) is 3.06. The maximum absolute atomic E-state index is 14.1. The smallest absolute Gasteiger partial charge is 0.460 e. The van der Waals surface area contributed by atoms with Gasteiger partial charge in [0.15, 0.2) is 0 Å². The minimum Gasteiger partial charge on any atom is -0.464 e. The van der Waals surface area contributed by atoms with Crippen LogP contribution >= 0.6 is 0 Å². The zero-order valence-corrected chi connectivity index (χ0v) is 27.3. The van der Waals surface area contributed by atoms with Gasteiger partial charge >= 0.3 is 53.6 Å². The number of alkyl halides is 17. The second-order valence-electron chi connectivity index (χ2n) is 11.2. The molecule has 1 N–H and O–H groups in total. The van der Waals surface area contributed by atoms with Crippen molar-refractivity contribution < 1.29 is 93.8 Å². The van der Waals surface area contributed by atoms with E-state index in [0.717, 1.165) is 12.1 Å². The number of hydrogen-bond donors (Lipinski definition) is 1. The van der Waals surface area contributed by atoms with Crippen LogP contribution in [0.1, 0.15) is 48.9 Å². The molecule has 1 rings (SSSR count). The number of amides is 2. The molecule has 2 amide bonds. The Hall–Kier alpha value is -4.69. The number of azide groups is 1. The summed E-state index contributed by atoms with van der Waals surface area (Å²) in [6.45, 7) is -4.03. The van der Waals surface area contributed by atoms with Crippen LogP contribution in [-0.4, -0.2) is 96.6 Å². The minimum atomic E-state index is -8.77. The molecule has 0 aliphatic carbocycles. The van der Waals surface area contributed by atoms with Gasteiger partial charge in [-0.25, -0.2) is 0 Å². The lowest BCUT2D eigenvalue weighted by Gasteiger charge is -2.42. The number of benzene rings is 1. The summed E-state index contributed by atoms with van der Waals surface area (Å²) >= 11 is 0. The van der Waals surface area contributed by atoms with E-state index in [1.165, 1.54) is 12.1 Å². The van der Waals surface area contributed by atoms with Gasteiger partial charge in [0.05, 0.1) is 19.6 Å². The Morgan fingerprint density at radius 3 is 1.84 bits per heavy atom. The molecule has 0 bridgehead atoms. The number of nitrogens with one attached hydrogen (secondary N) is 1. The Bertz CT molecular complexity index is 1610. The predicted octanol–water partition coefficient (Wildman–Crippen LogP) is 8.90. The standard InChI is InChI=1S/C29H26F17N5O4/c1-2-13-51(21(54)17-8-7-9-18(15-17)49-19(52)10-5-3-4-6-12-48-50-47)16-20(53)55-14-11-22(30,31)23(32,33)24(34,35)25(36,37)26(38,39)27(40,41)28(42,43)29(44,45)46/h1,7-9,15H,3-6,10-14,16H2,(H,49,52). The molecule has 0 unspecified atom stereocenters. The molecule has 26 heteroatoms. The quantitative estimate of drug-likeness (QED) is 0.0253. The van der Waals surface area contributed by atoms with Crippen LogP contribution in [0.15, 0.2) is 29.4 Å². The lowest BCUT2D eigenvalue weighted by molar-refractivity contribution is -0.461. The van der Waals surface area contributed by atoms with Crippen LogP contribution in [-0.2, 0) is 14.3 Å². The number of esters is 1. The van der Waals surface area contributed by atoms with Crippen molar-refractivity contribution in [3.05, 3.63) is 40.3 Å². The summed E-state index contributed by atoms with van der Waals surface area (Å²) in [6.07, 6.45) is -3.48. The van der Waals surface area contributed by atoms with Gasteiger partial charge < -0.3 is 15.0 Å². The molecule has 1 aromatic carbocycles. The van der Waals surface area contributed by atoms with Gasteiger partial charge in [0.25, 0.3) is 5.91 Å². The van der Waals surface area contributed by atoms with Crippen LogP contribution in [0.5, 0.6) is 0 Å². The van der Waals surface area contributed by atoms with E-state index in [9.17, 15) is 89.0 Å². The maximum atomic E-state index is 14.1. The number of carbonyl (C=O) groups excluding carboxylic acids is 3. The van der Waals surface area contributed by atoms with E-state index >= 15 is 0 Å². The molecule has 0 radical (unpaired) electrons. The highest BCUT2D eigenvalue weighted by atomic mass is 19.4. The SMILES string of the molecule is C#CCN(CC(=O)OCCC(F)(F)C(F)(F)C(F)(F)C(F)(F)C(F)(F)C(F)(F)C(F)(F)C(F)(F)F)C(=O)c1cccc(NC(=O)CCCCCCN=[N+]=[N-])c1. The molecule has 0 atom stereocenters. The zero-order valence-electron chi connectivity index (χ0n) is 27.3. The van der Waals surface area contributed by atoms with Crippen LogP contribution in [0.25, 0.3) is 10.4 Å². The number of halogens is 17. The van der Waals surface area contributed by atoms with Crippen molar-refractivity contribution in [2.24, 2.45) is 5.11 Å². The second-order valence-corrected chi connectivity index (χ2v) is 11.2. The highest BCUT2D eigenvalue weighted by Gasteiger charge is 2.95. The molecular weight excluding hydrogens is 805 g/mol. The summed E-state index contributed by atoms with van der Waals surface area (Å²) in [5.74, 6) is -59.2. The molecule has 0 saturated heterocycles. The van der Waals surface area contributed by atoms with Crippen molar-refractivity contribution in [2.45, 2.75) is 86.2 Å². The number of anilines is 1. The molecule has 310 valence electrons. The molecule has 1 aromatic rings. The third-order valence-electron chi connectivity index (χ3n) is 7.22. The lowest BCUT2D eigenvalue weighted by Crippen LogP contribution is -2.74. The monoisotopic (exact) mass is 831 g/mol. The third-order valence-corrected chi connectivity index (χ3v) is 7.22. The molecule has 55 heavy (non-hydrogen) atoms. The molecule has 9 nitrogen and oxygen atoms in total. The van der Waals surface area contributed by atoms with Crippen LogP contribution in [0, 0.1) is 12.3 Å². The number of nitrogens with zero attached hydrogens (tertiary/aromatic N) is 4. The van der Waals surface area contributed by atoms with Crippen LogP contribution in [0.3, 0.4) is 0 Å². The van der Waals surface area contributed by atoms with E-state index in [2.05, 4.69) is 20.1 Å². The zero-order chi connectivity index (χ0) is 42.9. The van der Waals surface area contributed by atoms with Gasteiger partial charge in [-0.05, 0) is 36.6 Å². The van der Waals surface area contributed by atoms with Crippen molar-refractivity contribution in [1.82, 2.24) is 4.90 Å². The first-order chi connectivity index (χ1) is 24.9. The van der Waals surface area contributed by atoms with Crippen molar-refractivity contribution in [2.75, 3.05) is 31.6 Å². The molecule has 0 fully saturated rings. The highest BCUT2D eigenvalue weighted by Crippen LogP contribution is 2.64. The summed E-state index contributed by atoms with van der Waals surface area (Å²) in [7, 11) is 0. The van der Waals surface area contributed by atoms with E-state index in [0.29, 0.717) is 30.6 Å². The predicted molar refractivity (Wildman–Crippen MR) is 153 cm³/mol. The summed E-state index contributed by atoms with van der Waals surface area (Å²) in [5.41, 5.74) is 7.97. The number of terminal acetylenes is 1. The molecule has 0 aliphatic rings. The fraction of sp³-hybridized carbons (Fsp3) is 0.621. The topological polar surface area (TPSA) is 124 Å². The molecule has 0 heterocycles. The van der Waals surface area contributed by atoms with E-state index < -0.39 is 91.5 Å². The van der Waals surface area contributed by atoms with Gasteiger partial charge in [-0.15, -0.1) is 6.42 Å². The van der Waals surface area contributed by atoms with Crippen molar-refractivity contribution in [3.8, 4) is 12.3 Å². The van der Waals surface area contributed by atoms with Crippen LogP contribution < -0.4 is 5.32 Å². The number of carbonyl (C=O) groups is 3. The second kappa shape index (κ2) is 17.8. The van der Waals surface area contributed by atoms with E-state index in [4.69, 9.17) is 12.0 Å². The number of ether oxygens (including phenoxy) is 1. The molecule has 0 spiro atoms. The van der Waals surface area contributed by atoms with Gasteiger partial charge in [0.2, 0.25) is 5.91 Å². The van der Waals surface area contributed by atoms with E-state index in [-0.39, 0.29) is 24.2 Å². The van der Waals surface area contributed by atoms with Crippen LogP contribution in [0.2, 0.25) is 0 Å². The normalized spacial score (nSPS) is 13.4. The van der Waals surface area contributed by atoms with Crippen molar-refractivity contribution >= 4 is 23.5 Å². The van der Waals surface area contributed by atoms with Gasteiger partial charge in [0, 0.05) is 29.1 Å². The number of unbranched alkanes of at least 4 members (excludes halogenated alkanes) is 3. The Morgan fingerprint density at radius 1 is 0.782 bits per heavy atom. The van der Waals surface area contributed by atoms with Gasteiger partial charge in [0.1, 0.15) is 6.54 Å². The first-order valence-electron chi connectivity index (χ1n) is 14.9. The van der Waals surface area contributed by atoms with Gasteiger partial charge in [-0.1, -0.05) is 29.9 Å². The lowest BCUT2D eigenvalue weighted by atomic mass is 9.88. The fourth-order valence-electron chi connectivity index (χ4n) is 4.16. The minimum absolute atomic E-state index is 0.0308. The third kappa shape index (κ3) is 10.3. The summed E-state index contributed by atoms with van der Waals surface area (Å²) in [5, 5.41) is 5.81. The molecule has 0 aromatic heterocycles.